The van der Waals surface area contributed by atoms with E-state index in [0.717, 1.165) is 70.6 Å². The molecule has 0 aromatic rings. The van der Waals surface area contributed by atoms with Gasteiger partial charge in [0.05, 0.1) is 34.4 Å². The maximum absolute atomic E-state index is 12.7. The molecule has 0 aromatic heterocycles. The minimum absolute atomic E-state index is 0.0321. The molecule has 0 bridgehead atoms. The van der Waals surface area contributed by atoms with Crippen LogP contribution in [0, 0.1) is 0 Å². The van der Waals surface area contributed by atoms with Crippen molar-refractivity contribution in [3.8, 4) is 0 Å². The summed E-state index contributed by atoms with van der Waals surface area (Å²) >= 11 is 0. The summed E-state index contributed by atoms with van der Waals surface area (Å²) in [5.74, 6) is -1.57. The fourth-order valence-corrected chi connectivity index (χ4v) is 5.41. The second kappa shape index (κ2) is 35.8. The first-order valence-electron chi connectivity index (χ1n) is 20.5. The van der Waals surface area contributed by atoms with Gasteiger partial charge in [-0.05, 0) is 77.0 Å². The Morgan fingerprint density at radius 2 is 1.08 bits per heavy atom. The standard InChI is InChI=1S/C45H75NO7/c1-6-8-10-12-14-16-18-20-21-22-23-24-26-28-30-32-34-36-44(48)53-41(39-51-38-37-42(45(49)50)46(3,4)5)40-52-43(47)35-33-31-29-27-25-19-17-15-13-11-9-7-2/h8,10,14-17,20-21,23-24,28,30,41-42H,6-7,9,11-13,18-19,22,25-27,29,31-40H2,1-5H3/p+1/b10-8+,16-14+,17-15+,21-20+,24-23+,30-28+. The highest BCUT2D eigenvalue weighted by molar-refractivity contribution is 5.72. The van der Waals surface area contributed by atoms with E-state index in [1.54, 1.807) is 0 Å². The van der Waals surface area contributed by atoms with Crippen molar-refractivity contribution in [3.63, 3.8) is 0 Å². The Labute approximate surface area is 323 Å². The zero-order chi connectivity index (χ0) is 39.3. The molecule has 0 aromatic carbocycles. The summed E-state index contributed by atoms with van der Waals surface area (Å²) in [5.41, 5.74) is 0. The highest BCUT2D eigenvalue weighted by Crippen LogP contribution is 2.12. The molecule has 2 atom stereocenters. The molecule has 0 aliphatic rings. The number of hydrogen-bond donors (Lipinski definition) is 1. The Morgan fingerprint density at radius 3 is 1.64 bits per heavy atom. The van der Waals surface area contributed by atoms with Crippen LogP contribution in [0.15, 0.2) is 72.9 Å². The SMILES string of the molecule is CC/C=C/C/C=C/C/C=C/C/C=C/C/C=C/CCCC(=O)OC(COCCC(C(=O)O)[N+](C)(C)C)COC(=O)CCCCCCC/C=C/CCCCC. The third-order valence-electron chi connectivity index (χ3n) is 8.59. The van der Waals surface area contributed by atoms with Gasteiger partial charge in [-0.15, -0.1) is 0 Å². The number of carboxylic acids is 1. The number of hydrogen-bond acceptors (Lipinski definition) is 6. The van der Waals surface area contributed by atoms with Gasteiger partial charge < -0.3 is 23.8 Å². The molecule has 8 nitrogen and oxygen atoms in total. The largest absolute Gasteiger partial charge is 0.477 e. The third-order valence-corrected chi connectivity index (χ3v) is 8.59. The van der Waals surface area contributed by atoms with Gasteiger partial charge in [0.2, 0.25) is 0 Å². The van der Waals surface area contributed by atoms with Gasteiger partial charge >= 0.3 is 17.9 Å². The number of carbonyl (C=O) groups excluding carboxylic acids is 2. The summed E-state index contributed by atoms with van der Waals surface area (Å²) in [6.07, 6.45) is 43.8. The summed E-state index contributed by atoms with van der Waals surface area (Å²) in [6, 6.07) is -0.628. The number of quaternary nitrogens is 1. The van der Waals surface area contributed by atoms with E-state index in [-0.39, 0.29) is 42.7 Å². The van der Waals surface area contributed by atoms with Gasteiger partial charge in [-0.2, -0.15) is 0 Å². The average molecular weight is 743 g/mol. The molecule has 0 saturated carbocycles. The topological polar surface area (TPSA) is 99.1 Å². The van der Waals surface area contributed by atoms with Crippen molar-refractivity contribution in [1.82, 2.24) is 0 Å². The third kappa shape index (κ3) is 34.3. The van der Waals surface area contributed by atoms with Crippen molar-refractivity contribution in [2.45, 2.75) is 154 Å². The summed E-state index contributed by atoms with van der Waals surface area (Å²) in [6.45, 7) is 4.50. The lowest BCUT2D eigenvalue weighted by atomic mass is 10.1. The number of esters is 2. The van der Waals surface area contributed by atoms with Gasteiger partial charge in [-0.25, -0.2) is 4.79 Å². The zero-order valence-electron chi connectivity index (χ0n) is 34.2. The van der Waals surface area contributed by atoms with Crippen LogP contribution in [-0.4, -0.2) is 80.6 Å². The van der Waals surface area contributed by atoms with Crippen LogP contribution >= 0.6 is 0 Å². The molecule has 0 amide bonds. The van der Waals surface area contributed by atoms with Gasteiger partial charge in [0.25, 0.3) is 0 Å². The van der Waals surface area contributed by atoms with Gasteiger partial charge in [-0.1, -0.05) is 119 Å². The van der Waals surface area contributed by atoms with Crippen molar-refractivity contribution < 1.29 is 38.2 Å². The van der Waals surface area contributed by atoms with Crippen LogP contribution in [0.1, 0.15) is 142 Å². The fourth-order valence-electron chi connectivity index (χ4n) is 5.41. The van der Waals surface area contributed by atoms with E-state index in [1.165, 1.54) is 32.1 Å². The van der Waals surface area contributed by atoms with Crippen LogP contribution in [-0.2, 0) is 28.6 Å². The lowest BCUT2D eigenvalue weighted by Crippen LogP contribution is -2.50. The molecule has 0 spiro atoms. The van der Waals surface area contributed by atoms with E-state index in [0.29, 0.717) is 19.3 Å². The number of rotatable bonds is 35. The highest BCUT2D eigenvalue weighted by Gasteiger charge is 2.31. The molecular weight excluding hydrogens is 666 g/mol. The van der Waals surface area contributed by atoms with Crippen LogP contribution in [0.4, 0.5) is 0 Å². The molecule has 0 rings (SSSR count). The Kier molecular flexibility index (Phi) is 33.6. The van der Waals surface area contributed by atoms with Gasteiger partial charge in [-0.3, -0.25) is 9.59 Å². The lowest BCUT2D eigenvalue weighted by Gasteiger charge is -2.31. The lowest BCUT2D eigenvalue weighted by molar-refractivity contribution is -0.887. The van der Waals surface area contributed by atoms with Crippen molar-refractivity contribution in [2.75, 3.05) is 41.0 Å². The first kappa shape index (κ1) is 49.8. The first-order valence-corrected chi connectivity index (χ1v) is 20.5. The van der Waals surface area contributed by atoms with E-state index in [2.05, 4.69) is 86.8 Å². The number of carbonyl (C=O) groups is 3. The molecule has 2 unspecified atom stereocenters. The van der Waals surface area contributed by atoms with Crippen LogP contribution < -0.4 is 0 Å². The minimum atomic E-state index is -0.889. The number of unbranched alkanes of at least 4 members (excludes halogenated alkanes) is 9. The predicted octanol–water partition coefficient (Wildman–Crippen LogP) is 10.8. The Morgan fingerprint density at radius 1 is 0.585 bits per heavy atom. The molecule has 1 N–H and O–H groups in total. The molecule has 0 aliphatic heterocycles. The summed E-state index contributed by atoms with van der Waals surface area (Å²) in [7, 11) is 5.49. The normalized spacial score (nSPS) is 13.8. The highest BCUT2D eigenvalue weighted by atomic mass is 16.6. The van der Waals surface area contributed by atoms with Gasteiger partial charge in [0.15, 0.2) is 12.1 Å². The number of allylic oxidation sites excluding steroid dienone is 12. The summed E-state index contributed by atoms with van der Waals surface area (Å²) in [4.78, 5) is 36.8. The van der Waals surface area contributed by atoms with Crippen molar-refractivity contribution in [3.05, 3.63) is 72.9 Å². The second-order valence-corrected chi connectivity index (χ2v) is 14.5. The van der Waals surface area contributed by atoms with Crippen LogP contribution in [0.25, 0.3) is 0 Å². The number of ether oxygens (including phenoxy) is 3. The fraction of sp³-hybridized carbons (Fsp3) is 0.667. The molecule has 53 heavy (non-hydrogen) atoms. The predicted molar refractivity (Wildman–Crippen MR) is 220 cm³/mol. The number of nitrogens with zero attached hydrogens (tertiary/aromatic N) is 1. The molecule has 0 fully saturated rings. The Balaban J connectivity index is 4.52. The van der Waals surface area contributed by atoms with Crippen LogP contribution in [0.5, 0.6) is 0 Å². The van der Waals surface area contributed by atoms with Gasteiger partial charge in [0, 0.05) is 19.3 Å². The minimum Gasteiger partial charge on any atom is -0.477 e. The quantitative estimate of drug-likeness (QED) is 0.0299. The molecule has 0 radical (unpaired) electrons. The van der Waals surface area contributed by atoms with Crippen LogP contribution in [0.2, 0.25) is 0 Å². The number of likely N-dealkylation sites (N-methyl/N-ethyl adjacent to an activating group) is 1. The van der Waals surface area contributed by atoms with Crippen molar-refractivity contribution in [2.24, 2.45) is 0 Å². The summed E-state index contributed by atoms with van der Waals surface area (Å²) in [5, 5.41) is 9.60. The summed E-state index contributed by atoms with van der Waals surface area (Å²) < 4.78 is 17.2. The molecule has 0 aliphatic carbocycles. The zero-order valence-corrected chi connectivity index (χ0v) is 34.2. The van der Waals surface area contributed by atoms with Gasteiger partial charge in [0.1, 0.15) is 6.61 Å². The number of aliphatic carboxylic acids is 1. The molecule has 302 valence electrons. The Bertz CT molecular complexity index is 1100. The monoisotopic (exact) mass is 743 g/mol. The first-order chi connectivity index (χ1) is 25.6. The molecule has 0 saturated heterocycles. The van der Waals surface area contributed by atoms with Crippen LogP contribution in [0.3, 0.4) is 0 Å². The molecule has 0 heterocycles. The van der Waals surface area contributed by atoms with E-state index in [9.17, 15) is 19.5 Å². The van der Waals surface area contributed by atoms with E-state index >= 15 is 0 Å². The second-order valence-electron chi connectivity index (χ2n) is 14.5. The number of carboxylic acid groups (broad SMARTS) is 1. The van der Waals surface area contributed by atoms with Crippen molar-refractivity contribution >= 4 is 17.9 Å². The van der Waals surface area contributed by atoms with Crippen molar-refractivity contribution in [1.29, 1.82) is 0 Å². The van der Waals surface area contributed by atoms with E-state index in [1.807, 2.05) is 21.1 Å². The smallest absolute Gasteiger partial charge is 0.362 e. The van der Waals surface area contributed by atoms with E-state index < -0.39 is 18.1 Å². The molecule has 8 heteroatoms. The molecular formula is C45H76NO7+. The maximum Gasteiger partial charge on any atom is 0.362 e. The Hall–Kier alpha value is -3.23. The average Bonchev–Trinajstić information content (AvgIpc) is 3.11. The maximum atomic E-state index is 12.7. The van der Waals surface area contributed by atoms with E-state index in [4.69, 9.17) is 14.2 Å².